The number of carbonyl (C=O) groups is 3. The molecule has 4 aliphatic carbocycles. The van der Waals surface area contributed by atoms with Gasteiger partial charge in [0.25, 0.3) is 0 Å². The number of fused-ring (bicyclic) bond motifs is 5. The van der Waals surface area contributed by atoms with Crippen LogP contribution in [0.1, 0.15) is 52.4 Å². The van der Waals surface area contributed by atoms with Crippen LogP contribution in [0, 0.1) is 28.6 Å². The van der Waals surface area contributed by atoms with E-state index in [4.69, 9.17) is 0 Å². The van der Waals surface area contributed by atoms with E-state index in [1.54, 1.807) is 13.8 Å². The number of ketones is 3. The van der Waals surface area contributed by atoms with Crippen molar-refractivity contribution in [2.75, 3.05) is 6.61 Å². The molecule has 0 aromatic rings. The molecule has 3 saturated carbocycles. The Labute approximate surface area is 163 Å². The van der Waals surface area contributed by atoms with Crippen LogP contribution in [0.5, 0.6) is 0 Å². The van der Waals surface area contributed by atoms with Crippen LogP contribution in [0.15, 0.2) is 11.6 Å². The minimum atomic E-state index is -2.31. The van der Waals surface area contributed by atoms with E-state index in [1.807, 2.05) is 0 Å². The van der Waals surface area contributed by atoms with E-state index < -0.39 is 46.9 Å². The lowest BCUT2D eigenvalue weighted by Gasteiger charge is -2.60. The molecular formula is C21H28O7. The molecule has 0 amide bonds. The molecule has 3 fully saturated rings. The van der Waals surface area contributed by atoms with Gasteiger partial charge in [0.1, 0.15) is 18.0 Å². The minimum Gasteiger partial charge on any atom is -0.388 e. The summed E-state index contributed by atoms with van der Waals surface area (Å²) in [6, 6.07) is 0. The fourth-order valence-corrected chi connectivity index (χ4v) is 7.07. The highest BCUT2D eigenvalue weighted by molar-refractivity contribution is 5.95. The average Bonchev–Trinajstić information content (AvgIpc) is 2.87. The SMILES string of the molecule is C[C@@]12C(=CC(=O)CC1(O)O)CC[C@@H]1[C@@H]2C(=O)C[C@@]2(C)[C@H]1CC[C@]2(O)C(=O)CO. The summed E-state index contributed by atoms with van der Waals surface area (Å²) in [5.74, 6) is -4.59. The molecule has 0 aromatic heterocycles. The quantitative estimate of drug-likeness (QED) is 0.496. The third kappa shape index (κ3) is 2.16. The Bertz CT molecular complexity index is 799. The van der Waals surface area contributed by atoms with Crippen molar-refractivity contribution in [2.45, 2.75) is 63.8 Å². The summed E-state index contributed by atoms with van der Waals surface area (Å²) < 4.78 is 0. The summed E-state index contributed by atoms with van der Waals surface area (Å²) >= 11 is 0. The molecule has 4 aliphatic rings. The molecule has 4 N–H and O–H groups in total. The lowest BCUT2D eigenvalue weighted by atomic mass is 9.44. The van der Waals surface area contributed by atoms with E-state index in [9.17, 15) is 34.8 Å². The molecule has 0 aliphatic heterocycles. The molecule has 0 aromatic carbocycles. The standard InChI is InChI=1S/C21H28O7/c1-18-9-15(24)17-13(14(18)5-6-20(18,26)16(25)10-22)4-3-11-7-12(23)8-21(27,28)19(11,17)2/h7,13-14,17,22,26-28H,3-6,8-10H2,1-2H3/t13-,14-,17+,18-,19-,20-/m0/s1. The van der Waals surface area contributed by atoms with Crippen molar-refractivity contribution in [3.63, 3.8) is 0 Å². The first-order chi connectivity index (χ1) is 12.9. The van der Waals surface area contributed by atoms with Gasteiger partial charge >= 0.3 is 0 Å². The van der Waals surface area contributed by atoms with Gasteiger partial charge in [-0.25, -0.2) is 0 Å². The van der Waals surface area contributed by atoms with E-state index in [0.29, 0.717) is 24.8 Å². The van der Waals surface area contributed by atoms with Gasteiger partial charge in [-0.3, -0.25) is 14.4 Å². The van der Waals surface area contributed by atoms with E-state index in [1.165, 1.54) is 6.08 Å². The van der Waals surface area contributed by atoms with Crippen molar-refractivity contribution in [3.05, 3.63) is 11.6 Å². The van der Waals surface area contributed by atoms with Gasteiger partial charge in [-0.05, 0) is 50.5 Å². The van der Waals surface area contributed by atoms with Gasteiger partial charge < -0.3 is 20.4 Å². The highest BCUT2D eigenvalue weighted by atomic mass is 16.5. The second kappa shape index (κ2) is 5.81. The molecule has 0 unspecified atom stereocenters. The number of rotatable bonds is 2. The summed E-state index contributed by atoms with van der Waals surface area (Å²) in [5, 5.41) is 42.1. The first-order valence-electron chi connectivity index (χ1n) is 10.0. The highest BCUT2D eigenvalue weighted by Gasteiger charge is 2.71. The number of aliphatic hydroxyl groups excluding tert-OH is 1. The van der Waals surface area contributed by atoms with Crippen molar-refractivity contribution >= 4 is 17.3 Å². The molecule has 7 nitrogen and oxygen atoms in total. The van der Waals surface area contributed by atoms with Crippen molar-refractivity contribution < 1.29 is 34.8 Å². The first kappa shape index (κ1) is 19.9. The summed E-state index contributed by atoms with van der Waals surface area (Å²) in [5.41, 5.74) is -3.39. The first-order valence-corrected chi connectivity index (χ1v) is 10.0. The van der Waals surface area contributed by atoms with Crippen LogP contribution in [0.25, 0.3) is 0 Å². The van der Waals surface area contributed by atoms with Gasteiger partial charge in [-0.15, -0.1) is 0 Å². The van der Waals surface area contributed by atoms with E-state index >= 15 is 0 Å². The summed E-state index contributed by atoms with van der Waals surface area (Å²) in [6.45, 7) is 2.63. The molecule has 4 rings (SSSR count). The zero-order valence-electron chi connectivity index (χ0n) is 16.3. The molecule has 0 spiro atoms. The number of hydrogen-bond donors (Lipinski definition) is 4. The molecular weight excluding hydrogens is 364 g/mol. The predicted octanol–water partition coefficient (Wildman–Crippen LogP) is 0.281. The Balaban J connectivity index is 1.80. The van der Waals surface area contributed by atoms with Crippen LogP contribution in [0.4, 0.5) is 0 Å². The largest absolute Gasteiger partial charge is 0.388 e. The van der Waals surface area contributed by atoms with Gasteiger partial charge in [-0.1, -0.05) is 12.5 Å². The fraction of sp³-hybridized carbons (Fsp3) is 0.762. The zero-order valence-corrected chi connectivity index (χ0v) is 16.3. The lowest BCUT2D eigenvalue weighted by molar-refractivity contribution is -0.259. The molecule has 28 heavy (non-hydrogen) atoms. The van der Waals surface area contributed by atoms with Crippen molar-refractivity contribution in [1.29, 1.82) is 0 Å². The third-order valence-corrected chi connectivity index (χ3v) is 8.64. The maximum Gasteiger partial charge on any atom is 0.190 e. The number of aliphatic hydroxyl groups is 4. The molecule has 0 radical (unpaired) electrons. The lowest BCUT2D eigenvalue weighted by Crippen LogP contribution is -2.65. The fourth-order valence-electron chi connectivity index (χ4n) is 7.07. The van der Waals surface area contributed by atoms with Crippen LogP contribution in [-0.4, -0.2) is 55.8 Å². The van der Waals surface area contributed by atoms with E-state index in [2.05, 4.69) is 0 Å². The predicted molar refractivity (Wildman–Crippen MR) is 96.7 cm³/mol. The molecule has 0 saturated heterocycles. The van der Waals surface area contributed by atoms with Crippen LogP contribution in [-0.2, 0) is 14.4 Å². The van der Waals surface area contributed by atoms with E-state index in [0.717, 1.165) is 0 Å². The Morgan fingerprint density at radius 1 is 1.14 bits per heavy atom. The second-order valence-corrected chi connectivity index (χ2v) is 9.66. The summed E-state index contributed by atoms with van der Waals surface area (Å²) in [6.07, 6.45) is 2.73. The summed E-state index contributed by atoms with van der Waals surface area (Å²) in [4.78, 5) is 37.7. The highest BCUT2D eigenvalue weighted by Crippen LogP contribution is 2.67. The third-order valence-electron chi connectivity index (χ3n) is 8.64. The van der Waals surface area contributed by atoms with Crippen molar-refractivity contribution in [1.82, 2.24) is 0 Å². The molecule has 6 atom stereocenters. The Hall–Kier alpha value is -1.41. The van der Waals surface area contributed by atoms with Crippen LogP contribution >= 0.6 is 0 Å². The molecule has 154 valence electrons. The number of carbonyl (C=O) groups excluding carboxylic acids is 3. The van der Waals surface area contributed by atoms with Gasteiger partial charge in [0.2, 0.25) is 0 Å². The maximum absolute atomic E-state index is 13.4. The van der Waals surface area contributed by atoms with Gasteiger partial charge in [0, 0.05) is 17.8 Å². The minimum absolute atomic E-state index is 0.0615. The van der Waals surface area contributed by atoms with Crippen LogP contribution in [0.3, 0.4) is 0 Å². The van der Waals surface area contributed by atoms with Gasteiger partial charge in [0.05, 0.1) is 11.8 Å². The zero-order chi connectivity index (χ0) is 20.7. The van der Waals surface area contributed by atoms with Crippen LogP contribution < -0.4 is 0 Å². The smallest absolute Gasteiger partial charge is 0.190 e. The Morgan fingerprint density at radius 2 is 1.82 bits per heavy atom. The Morgan fingerprint density at radius 3 is 2.46 bits per heavy atom. The van der Waals surface area contributed by atoms with Crippen molar-refractivity contribution in [2.24, 2.45) is 28.6 Å². The second-order valence-electron chi connectivity index (χ2n) is 9.66. The van der Waals surface area contributed by atoms with Gasteiger partial charge in [0.15, 0.2) is 17.4 Å². The van der Waals surface area contributed by atoms with Gasteiger partial charge in [-0.2, -0.15) is 0 Å². The normalized spacial score (nSPS) is 47.1. The Kier molecular flexibility index (Phi) is 4.13. The number of Topliss-reactive ketones (excluding diaryl/α,β-unsaturated/α-hetero) is 2. The number of hydrogen-bond acceptors (Lipinski definition) is 7. The van der Waals surface area contributed by atoms with Crippen molar-refractivity contribution in [3.8, 4) is 0 Å². The van der Waals surface area contributed by atoms with Crippen LogP contribution in [0.2, 0.25) is 0 Å². The average molecular weight is 392 g/mol. The molecule has 7 heteroatoms. The maximum atomic E-state index is 13.4. The monoisotopic (exact) mass is 392 g/mol. The summed E-state index contributed by atoms with van der Waals surface area (Å²) in [7, 11) is 0. The molecule has 0 bridgehead atoms. The topological polar surface area (TPSA) is 132 Å². The van der Waals surface area contributed by atoms with E-state index in [-0.39, 0.29) is 36.2 Å². The molecule has 0 heterocycles.